The number of carbonyl (C=O) groups excluding carboxylic acids is 1. The van der Waals surface area contributed by atoms with E-state index in [4.69, 9.17) is 0 Å². The molecule has 0 bridgehead atoms. The van der Waals surface area contributed by atoms with E-state index < -0.39 is 0 Å². The summed E-state index contributed by atoms with van der Waals surface area (Å²) in [6.45, 7) is -0.244. The van der Waals surface area contributed by atoms with Crippen LogP contribution in [0.1, 0.15) is 28.8 Å². The number of aryl methyl sites for hydroxylation is 1. The Labute approximate surface area is 77.6 Å². The highest BCUT2D eigenvalue weighted by atomic mass is 19.1. The van der Waals surface area contributed by atoms with Crippen molar-refractivity contribution in [2.75, 3.05) is 6.67 Å². The minimum atomic E-state index is -0.244. The van der Waals surface area contributed by atoms with E-state index in [2.05, 4.69) is 0 Å². The molecule has 0 aliphatic rings. The van der Waals surface area contributed by atoms with E-state index in [1.54, 1.807) is 12.1 Å². The fourth-order valence-corrected chi connectivity index (χ4v) is 1.19. The number of rotatable bonds is 5. The molecule has 1 nitrogen and oxygen atoms in total. The number of hydrogen-bond donors (Lipinski definition) is 0. The van der Waals surface area contributed by atoms with Crippen molar-refractivity contribution in [1.82, 2.24) is 0 Å². The number of aldehydes is 1. The first kappa shape index (κ1) is 9.90. The van der Waals surface area contributed by atoms with Crippen LogP contribution in [-0.4, -0.2) is 13.0 Å². The molecular weight excluding hydrogens is 167 g/mol. The van der Waals surface area contributed by atoms with Gasteiger partial charge in [-0.1, -0.05) is 24.3 Å². The van der Waals surface area contributed by atoms with Crippen molar-refractivity contribution >= 4 is 6.29 Å². The fraction of sp³-hybridized carbons (Fsp3) is 0.364. The van der Waals surface area contributed by atoms with Crippen molar-refractivity contribution in [2.45, 2.75) is 19.3 Å². The minimum absolute atomic E-state index is 0.244. The second-order valence-corrected chi connectivity index (χ2v) is 3.01. The zero-order valence-electron chi connectivity index (χ0n) is 7.50. The van der Waals surface area contributed by atoms with E-state index >= 15 is 0 Å². The van der Waals surface area contributed by atoms with Gasteiger partial charge in [0.25, 0.3) is 0 Å². The highest BCUT2D eigenvalue weighted by Crippen LogP contribution is 2.06. The molecule has 1 rings (SSSR count). The molecule has 0 unspecified atom stereocenters. The summed E-state index contributed by atoms with van der Waals surface area (Å²) in [6, 6.07) is 7.42. The smallest absolute Gasteiger partial charge is 0.150 e. The summed E-state index contributed by atoms with van der Waals surface area (Å²) in [6.07, 6.45) is 3.21. The van der Waals surface area contributed by atoms with Gasteiger partial charge in [0, 0.05) is 5.56 Å². The number of alkyl halides is 1. The summed E-state index contributed by atoms with van der Waals surface area (Å²) < 4.78 is 11.8. The van der Waals surface area contributed by atoms with Crippen LogP contribution >= 0.6 is 0 Å². The molecule has 0 saturated heterocycles. The third-order valence-corrected chi connectivity index (χ3v) is 1.96. The molecule has 1 aromatic rings. The lowest BCUT2D eigenvalue weighted by Gasteiger charge is -1.99. The molecule has 0 amide bonds. The van der Waals surface area contributed by atoms with Crippen molar-refractivity contribution in [3.8, 4) is 0 Å². The van der Waals surface area contributed by atoms with Gasteiger partial charge in [-0.3, -0.25) is 9.18 Å². The quantitative estimate of drug-likeness (QED) is 0.503. The Balaban J connectivity index is 2.44. The molecule has 0 N–H and O–H groups in total. The SMILES string of the molecule is O=Cc1ccc(CCCCF)cc1. The van der Waals surface area contributed by atoms with Gasteiger partial charge in [0.05, 0.1) is 6.67 Å². The van der Waals surface area contributed by atoms with Crippen LogP contribution in [0, 0.1) is 0 Å². The van der Waals surface area contributed by atoms with E-state index in [1.165, 1.54) is 5.56 Å². The predicted octanol–water partition coefficient (Wildman–Crippen LogP) is 2.79. The Morgan fingerprint density at radius 2 is 1.85 bits per heavy atom. The first-order valence-electron chi connectivity index (χ1n) is 4.47. The second-order valence-electron chi connectivity index (χ2n) is 3.01. The van der Waals surface area contributed by atoms with Gasteiger partial charge >= 0.3 is 0 Å². The summed E-state index contributed by atoms with van der Waals surface area (Å²) in [7, 11) is 0. The van der Waals surface area contributed by atoms with Crippen molar-refractivity contribution in [3.63, 3.8) is 0 Å². The van der Waals surface area contributed by atoms with Gasteiger partial charge in [-0.15, -0.1) is 0 Å². The summed E-state index contributed by atoms with van der Waals surface area (Å²) in [5.74, 6) is 0. The first-order chi connectivity index (χ1) is 6.36. The van der Waals surface area contributed by atoms with Gasteiger partial charge in [-0.2, -0.15) is 0 Å². The van der Waals surface area contributed by atoms with Gasteiger partial charge in [-0.05, 0) is 24.8 Å². The molecule has 0 spiro atoms. The van der Waals surface area contributed by atoms with Gasteiger partial charge in [0.2, 0.25) is 0 Å². The maximum atomic E-state index is 11.8. The summed E-state index contributed by atoms with van der Waals surface area (Å²) in [4.78, 5) is 10.3. The lowest BCUT2D eigenvalue weighted by atomic mass is 10.1. The van der Waals surface area contributed by atoms with Gasteiger partial charge < -0.3 is 0 Å². The second kappa shape index (κ2) is 5.46. The average Bonchev–Trinajstić information content (AvgIpc) is 2.19. The van der Waals surface area contributed by atoms with Gasteiger partial charge in [-0.25, -0.2) is 0 Å². The molecule has 70 valence electrons. The molecule has 0 aromatic heterocycles. The predicted molar refractivity (Wildman–Crippen MR) is 50.7 cm³/mol. The molecule has 1 aromatic carbocycles. The van der Waals surface area contributed by atoms with Crippen molar-refractivity contribution in [1.29, 1.82) is 0 Å². The maximum Gasteiger partial charge on any atom is 0.150 e. The zero-order valence-corrected chi connectivity index (χ0v) is 7.50. The first-order valence-corrected chi connectivity index (χ1v) is 4.47. The van der Waals surface area contributed by atoms with Gasteiger partial charge in [0.1, 0.15) is 6.29 Å². The topological polar surface area (TPSA) is 17.1 Å². The molecule has 0 fully saturated rings. The van der Waals surface area contributed by atoms with Crippen molar-refractivity contribution in [3.05, 3.63) is 35.4 Å². The van der Waals surface area contributed by atoms with Crippen LogP contribution in [0.15, 0.2) is 24.3 Å². The Kier molecular flexibility index (Phi) is 4.16. The molecular formula is C11H13FO. The standard InChI is InChI=1S/C11H13FO/c12-8-2-1-3-10-4-6-11(9-13)7-5-10/h4-7,9H,1-3,8H2. The van der Waals surface area contributed by atoms with Crippen LogP contribution in [0.2, 0.25) is 0 Å². The summed E-state index contributed by atoms with van der Waals surface area (Å²) in [5.41, 5.74) is 1.85. The normalized spacial score (nSPS) is 9.92. The Hall–Kier alpha value is -1.18. The van der Waals surface area contributed by atoms with Crippen LogP contribution in [0.4, 0.5) is 4.39 Å². The Morgan fingerprint density at radius 1 is 1.15 bits per heavy atom. The molecule has 0 heterocycles. The summed E-state index contributed by atoms with van der Waals surface area (Å²) >= 11 is 0. The lowest BCUT2D eigenvalue weighted by molar-refractivity contribution is 0.112. The van der Waals surface area contributed by atoms with Crippen LogP contribution in [0.3, 0.4) is 0 Å². The Bertz CT molecular complexity index is 253. The maximum absolute atomic E-state index is 11.8. The third-order valence-electron chi connectivity index (χ3n) is 1.96. The Morgan fingerprint density at radius 3 is 2.38 bits per heavy atom. The lowest BCUT2D eigenvalue weighted by Crippen LogP contribution is -1.87. The van der Waals surface area contributed by atoms with Crippen LogP contribution in [0.5, 0.6) is 0 Å². The monoisotopic (exact) mass is 180 g/mol. The number of halogens is 1. The number of benzene rings is 1. The van der Waals surface area contributed by atoms with Crippen LogP contribution in [-0.2, 0) is 6.42 Å². The van der Waals surface area contributed by atoms with Crippen molar-refractivity contribution < 1.29 is 9.18 Å². The molecule has 0 radical (unpaired) electrons. The average molecular weight is 180 g/mol. The van der Waals surface area contributed by atoms with E-state index in [-0.39, 0.29) is 6.67 Å². The minimum Gasteiger partial charge on any atom is -0.298 e. The molecule has 2 heteroatoms. The van der Waals surface area contributed by atoms with Gasteiger partial charge in [0.15, 0.2) is 0 Å². The number of unbranched alkanes of at least 4 members (excludes halogenated alkanes) is 1. The van der Waals surface area contributed by atoms with E-state index in [0.29, 0.717) is 12.0 Å². The van der Waals surface area contributed by atoms with Crippen molar-refractivity contribution in [2.24, 2.45) is 0 Å². The molecule has 0 saturated carbocycles. The van der Waals surface area contributed by atoms with Crippen LogP contribution < -0.4 is 0 Å². The molecule has 0 aliphatic heterocycles. The van der Waals surface area contributed by atoms with E-state index in [1.807, 2.05) is 12.1 Å². The number of carbonyl (C=O) groups is 1. The summed E-state index contributed by atoms with van der Waals surface area (Å²) in [5, 5.41) is 0. The van der Waals surface area contributed by atoms with E-state index in [0.717, 1.165) is 19.1 Å². The largest absolute Gasteiger partial charge is 0.298 e. The highest BCUT2D eigenvalue weighted by Gasteiger charge is 1.93. The van der Waals surface area contributed by atoms with E-state index in [9.17, 15) is 9.18 Å². The highest BCUT2D eigenvalue weighted by molar-refractivity contribution is 5.74. The van der Waals surface area contributed by atoms with Crippen LogP contribution in [0.25, 0.3) is 0 Å². The molecule has 13 heavy (non-hydrogen) atoms. The molecule has 0 atom stereocenters. The number of hydrogen-bond acceptors (Lipinski definition) is 1. The zero-order chi connectivity index (χ0) is 9.52. The third kappa shape index (κ3) is 3.36. The molecule has 0 aliphatic carbocycles. The fourth-order valence-electron chi connectivity index (χ4n) is 1.19.